The minimum atomic E-state index is -3.12. The molecule has 1 rings (SSSR count). The third kappa shape index (κ3) is 3.17. The highest BCUT2D eigenvalue weighted by atomic mass is 32.1. The standard InChI is InChI=1S/C11H19O2PS/c1-3-6-10(7-4-2)14(12,13)11-8-5-9-15-11/h5,8-10H,3-4,6-7H2,1-2H3,(H,12,13). The van der Waals surface area contributed by atoms with E-state index >= 15 is 0 Å². The normalized spacial score (nSPS) is 15.5. The Morgan fingerprint density at radius 3 is 2.40 bits per heavy atom. The van der Waals surface area contributed by atoms with Gasteiger partial charge in [0.15, 0.2) is 0 Å². The third-order valence-corrected chi connectivity index (χ3v) is 6.62. The Morgan fingerprint density at radius 1 is 1.40 bits per heavy atom. The Labute approximate surface area is 95.8 Å². The lowest BCUT2D eigenvalue weighted by Gasteiger charge is -2.21. The van der Waals surface area contributed by atoms with E-state index in [0.717, 1.165) is 25.7 Å². The maximum Gasteiger partial charge on any atom is 0.242 e. The molecule has 0 radical (unpaired) electrons. The Hall–Kier alpha value is -0.110. The van der Waals surface area contributed by atoms with Crippen LogP contribution in [0.15, 0.2) is 17.5 Å². The van der Waals surface area contributed by atoms with Crippen molar-refractivity contribution < 1.29 is 9.46 Å². The highest BCUT2D eigenvalue weighted by Crippen LogP contribution is 2.50. The van der Waals surface area contributed by atoms with Crippen molar-refractivity contribution in [1.29, 1.82) is 0 Å². The molecule has 0 saturated heterocycles. The van der Waals surface area contributed by atoms with Gasteiger partial charge in [0.25, 0.3) is 0 Å². The monoisotopic (exact) mass is 246 g/mol. The second-order valence-electron chi connectivity index (χ2n) is 3.81. The highest BCUT2D eigenvalue weighted by Gasteiger charge is 2.32. The predicted octanol–water partition coefficient (Wildman–Crippen LogP) is 3.61. The number of hydrogen-bond acceptors (Lipinski definition) is 2. The zero-order chi connectivity index (χ0) is 11.3. The average Bonchev–Trinajstić information content (AvgIpc) is 2.70. The van der Waals surface area contributed by atoms with E-state index < -0.39 is 7.37 Å². The molecule has 15 heavy (non-hydrogen) atoms. The van der Waals surface area contributed by atoms with Gasteiger partial charge < -0.3 is 4.89 Å². The second-order valence-corrected chi connectivity index (χ2v) is 7.51. The average molecular weight is 246 g/mol. The van der Waals surface area contributed by atoms with Gasteiger partial charge in [0, 0.05) is 5.66 Å². The van der Waals surface area contributed by atoms with E-state index in [1.807, 2.05) is 11.4 Å². The van der Waals surface area contributed by atoms with E-state index in [2.05, 4.69) is 13.8 Å². The molecule has 4 heteroatoms. The smallest absolute Gasteiger partial charge is 0.242 e. The molecule has 1 aromatic rings. The summed E-state index contributed by atoms with van der Waals surface area (Å²) in [6.07, 6.45) is 3.64. The number of thiophene rings is 1. The van der Waals surface area contributed by atoms with Crippen LogP contribution in [-0.2, 0) is 4.57 Å². The molecule has 2 nitrogen and oxygen atoms in total. The molecule has 0 aromatic carbocycles. The van der Waals surface area contributed by atoms with Crippen molar-refractivity contribution in [3.05, 3.63) is 17.5 Å². The fourth-order valence-corrected chi connectivity index (χ4v) is 5.36. The largest absolute Gasteiger partial charge is 0.340 e. The Bertz CT molecular complexity index is 315. The molecule has 0 aliphatic carbocycles. The van der Waals surface area contributed by atoms with Gasteiger partial charge in [0.05, 0.1) is 4.62 Å². The lowest BCUT2D eigenvalue weighted by atomic mass is 10.2. The first-order chi connectivity index (χ1) is 7.12. The molecule has 1 N–H and O–H groups in total. The van der Waals surface area contributed by atoms with Gasteiger partial charge in [-0.25, -0.2) is 0 Å². The molecular formula is C11H19O2PS. The van der Waals surface area contributed by atoms with Crippen molar-refractivity contribution in [2.45, 2.75) is 45.2 Å². The summed E-state index contributed by atoms with van der Waals surface area (Å²) >= 11 is 1.40. The molecular weight excluding hydrogens is 227 g/mol. The van der Waals surface area contributed by atoms with E-state index in [1.165, 1.54) is 11.3 Å². The quantitative estimate of drug-likeness (QED) is 0.778. The highest BCUT2D eigenvalue weighted by molar-refractivity contribution is 7.72. The van der Waals surface area contributed by atoms with Crippen LogP contribution in [0.5, 0.6) is 0 Å². The van der Waals surface area contributed by atoms with Crippen molar-refractivity contribution >= 4 is 23.3 Å². The fraction of sp³-hybridized carbons (Fsp3) is 0.636. The number of hydrogen-bond donors (Lipinski definition) is 1. The molecule has 0 aliphatic heterocycles. The Balaban J connectivity index is 2.85. The molecule has 86 valence electrons. The van der Waals surface area contributed by atoms with Crippen LogP contribution in [0.1, 0.15) is 39.5 Å². The number of rotatable bonds is 6. The molecule has 0 saturated carbocycles. The summed E-state index contributed by atoms with van der Waals surface area (Å²) in [6, 6.07) is 3.63. The van der Waals surface area contributed by atoms with Crippen LogP contribution in [0.25, 0.3) is 0 Å². The van der Waals surface area contributed by atoms with E-state index in [1.54, 1.807) is 6.07 Å². The maximum absolute atomic E-state index is 12.3. The van der Waals surface area contributed by atoms with Crippen LogP contribution in [-0.4, -0.2) is 10.6 Å². The zero-order valence-electron chi connectivity index (χ0n) is 9.35. The van der Waals surface area contributed by atoms with E-state index in [0.29, 0.717) is 4.62 Å². The molecule has 1 heterocycles. The van der Waals surface area contributed by atoms with E-state index in [9.17, 15) is 9.46 Å². The van der Waals surface area contributed by atoms with Crippen LogP contribution < -0.4 is 4.62 Å². The van der Waals surface area contributed by atoms with Gasteiger partial charge in [0.2, 0.25) is 7.37 Å². The Kier molecular flexibility index (Phi) is 5.04. The summed E-state index contributed by atoms with van der Waals surface area (Å²) in [4.78, 5) is 10.2. The van der Waals surface area contributed by atoms with E-state index in [-0.39, 0.29) is 5.66 Å². The van der Waals surface area contributed by atoms with Gasteiger partial charge in [-0.15, -0.1) is 11.3 Å². The summed E-state index contributed by atoms with van der Waals surface area (Å²) in [5.74, 6) is 0. The van der Waals surface area contributed by atoms with Crippen molar-refractivity contribution in [3.63, 3.8) is 0 Å². The van der Waals surface area contributed by atoms with Crippen LogP contribution in [0, 0.1) is 0 Å². The molecule has 0 aliphatic rings. The van der Waals surface area contributed by atoms with Crippen molar-refractivity contribution in [2.24, 2.45) is 0 Å². The van der Waals surface area contributed by atoms with Gasteiger partial charge in [-0.2, -0.15) is 0 Å². The topological polar surface area (TPSA) is 37.3 Å². The first kappa shape index (κ1) is 13.0. The molecule has 0 amide bonds. The van der Waals surface area contributed by atoms with Gasteiger partial charge in [-0.1, -0.05) is 32.8 Å². The van der Waals surface area contributed by atoms with Crippen LogP contribution in [0.3, 0.4) is 0 Å². The zero-order valence-corrected chi connectivity index (χ0v) is 11.1. The minimum Gasteiger partial charge on any atom is -0.340 e. The van der Waals surface area contributed by atoms with E-state index in [4.69, 9.17) is 0 Å². The first-order valence-corrected chi connectivity index (χ1v) is 8.10. The lowest BCUT2D eigenvalue weighted by Crippen LogP contribution is -2.15. The summed E-state index contributed by atoms with van der Waals surface area (Å²) in [5.41, 5.74) is -0.0499. The first-order valence-electron chi connectivity index (χ1n) is 5.49. The third-order valence-electron chi connectivity index (χ3n) is 2.56. The molecule has 1 aromatic heterocycles. The molecule has 0 bridgehead atoms. The summed E-state index contributed by atoms with van der Waals surface area (Å²) in [7, 11) is -3.12. The van der Waals surface area contributed by atoms with Gasteiger partial charge in [0.1, 0.15) is 0 Å². The van der Waals surface area contributed by atoms with Gasteiger partial charge in [-0.05, 0) is 24.3 Å². The predicted molar refractivity (Wildman–Crippen MR) is 67.4 cm³/mol. The summed E-state index contributed by atoms with van der Waals surface area (Å²) in [6.45, 7) is 4.13. The van der Waals surface area contributed by atoms with Gasteiger partial charge >= 0.3 is 0 Å². The van der Waals surface area contributed by atoms with Crippen molar-refractivity contribution in [1.82, 2.24) is 0 Å². The van der Waals surface area contributed by atoms with Crippen LogP contribution >= 0.6 is 18.7 Å². The molecule has 0 fully saturated rings. The second kappa shape index (κ2) is 5.83. The Morgan fingerprint density at radius 2 is 2.00 bits per heavy atom. The van der Waals surface area contributed by atoms with Crippen LogP contribution in [0.2, 0.25) is 0 Å². The lowest BCUT2D eigenvalue weighted by molar-refractivity contribution is 0.461. The molecule has 1 unspecified atom stereocenters. The maximum atomic E-state index is 12.3. The summed E-state index contributed by atoms with van der Waals surface area (Å²) in [5, 5.41) is 1.87. The minimum absolute atomic E-state index is 0.0499. The van der Waals surface area contributed by atoms with Crippen LogP contribution in [0.4, 0.5) is 0 Å². The molecule has 1 atom stereocenters. The van der Waals surface area contributed by atoms with Gasteiger partial charge in [-0.3, -0.25) is 4.57 Å². The fourth-order valence-electron chi connectivity index (χ4n) is 1.79. The molecule has 0 spiro atoms. The summed E-state index contributed by atoms with van der Waals surface area (Å²) < 4.78 is 13.0. The van der Waals surface area contributed by atoms with Crippen molar-refractivity contribution in [3.8, 4) is 0 Å². The SMILES string of the molecule is CCCC(CCC)P(=O)(O)c1cccs1. The van der Waals surface area contributed by atoms with Crippen molar-refractivity contribution in [2.75, 3.05) is 0 Å².